The van der Waals surface area contributed by atoms with Gasteiger partial charge in [0.15, 0.2) is 0 Å². The van der Waals surface area contributed by atoms with E-state index in [2.05, 4.69) is 20.8 Å². The Labute approximate surface area is 102 Å². The highest BCUT2D eigenvalue weighted by molar-refractivity contribution is 5.07. The van der Waals surface area contributed by atoms with Crippen LogP contribution in [-0.4, -0.2) is 0 Å². The standard InChI is InChI=1S/C16H30/c1-4-6-7-13(3)8-10-16-11-9-15(16)14(5-2)12-16/h13-15H,4-12H2,1-3H3. The summed E-state index contributed by atoms with van der Waals surface area (Å²) in [5, 5.41) is 0. The highest BCUT2D eigenvalue weighted by Crippen LogP contribution is 2.67. The molecular weight excluding hydrogens is 192 g/mol. The molecule has 2 aliphatic carbocycles. The highest BCUT2D eigenvalue weighted by atomic mass is 14.6. The Morgan fingerprint density at radius 3 is 2.56 bits per heavy atom. The van der Waals surface area contributed by atoms with E-state index in [0.29, 0.717) is 0 Å². The van der Waals surface area contributed by atoms with Gasteiger partial charge in [0, 0.05) is 0 Å². The third kappa shape index (κ3) is 2.17. The van der Waals surface area contributed by atoms with Crippen LogP contribution in [0.15, 0.2) is 0 Å². The number of fused-ring (bicyclic) bond motifs is 1. The van der Waals surface area contributed by atoms with Crippen LogP contribution >= 0.6 is 0 Å². The van der Waals surface area contributed by atoms with E-state index in [9.17, 15) is 0 Å². The number of rotatable bonds is 7. The molecule has 0 nitrogen and oxygen atoms in total. The van der Waals surface area contributed by atoms with Gasteiger partial charge in [-0.15, -0.1) is 0 Å². The summed E-state index contributed by atoms with van der Waals surface area (Å²) in [6.07, 6.45) is 13.5. The van der Waals surface area contributed by atoms with E-state index in [-0.39, 0.29) is 0 Å². The minimum Gasteiger partial charge on any atom is -0.0654 e. The van der Waals surface area contributed by atoms with Crippen molar-refractivity contribution in [1.29, 1.82) is 0 Å². The van der Waals surface area contributed by atoms with Crippen molar-refractivity contribution >= 4 is 0 Å². The topological polar surface area (TPSA) is 0 Å². The molecule has 0 aliphatic heterocycles. The lowest BCUT2D eigenvalue weighted by Crippen LogP contribution is -2.55. The summed E-state index contributed by atoms with van der Waals surface area (Å²) >= 11 is 0. The number of unbranched alkanes of at least 4 members (excludes halogenated alkanes) is 1. The van der Waals surface area contributed by atoms with Gasteiger partial charge < -0.3 is 0 Å². The van der Waals surface area contributed by atoms with Gasteiger partial charge >= 0.3 is 0 Å². The Morgan fingerprint density at radius 2 is 2.06 bits per heavy atom. The van der Waals surface area contributed by atoms with Gasteiger partial charge in [-0.3, -0.25) is 0 Å². The molecule has 4 atom stereocenters. The van der Waals surface area contributed by atoms with E-state index < -0.39 is 0 Å². The van der Waals surface area contributed by atoms with Crippen LogP contribution in [0.3, 0.4) is 0 Å². The monoisotopic (exact) mass is 222 g/mol. The first-order chi connectivity index (χ1) is 7.72. The maximum Gasteiger partial charge on any atom is -0.0264 e. The van der Waals surface area contributed by atoms with Crippen molar-refractivity contribution in [3.8, 4) is 0 Å². The fourth-order valence-electron chi connectivity index (χ4n) is 4.28. The van der Waals surface area contributed by atoms with Gasteiger partial charge in [-0.1, -0.05) is 52.9 Å². The Kier molecular flexibility index (Phi) is 3.97. The first-order valence-corrected chi connectivity index (χ1v) is 7.72. The Hall–Kier alpha value is 0. The van der Waals surface area contributed by atoms with Crippen LogP contribution in [0.4, 0.5) is 0 Å². The predicted octanol–water partition coefficient (Wildman–Crippen LogP) is 5.42. The smallest absolute Gasteiger partial charge is 0.0264 e. The number of hydrogen-bond donors (Lipinski definition) is 0. The zero-order valence-electron chi connectivity index (χ0n) is 11.6. The van der Waals surface area contributed by atoms with Crippen molar-refractivity contribution in [2.75, 3.05) is 0 Å². The van der Waals surface area contributed by atoms with Gasteiger partial charge in [0.1, 0.15) is 0 Å². The maximum atomic E-state index is 2.47. The SMILES string of the molecule is CCCCC(C)CCC12CCC1C(CC)C2. The van der Waals surface area contributed by atoms with Crippen molar-refractivity contribution in [3.05, 3.63) is 0 Å². The Balaban J connectivity index is 1.67. The first kappa shape index (κ1) is 12.5. The molecule has 94 valence electrons. The molecule has 0 saturated heterocycles. The molecule has 0 aromatic carbocycles. The molecule has 0 N–H and O–H groups in total. The molecule has 16 heavy (non-hydrogen) atoms. The molecule has 2 fully saturated rings. The van der Waals surface area contributed by atoms with Crippen LogP contribution in [0.2, 0.25) is 0 Å². The molecule has 4 unspecified atom stereocenters. The lowest BCUT2D eigenvalue weighted by atomic mass is 9.41. The van der Waals surface area contributed by atoms with Crippen molar-refractivity contribution < 1.29 is 0 Å². The molecule has 2 rings (SSSR count). The molecular formula is C16H30. The van der Waals surface area contributed by atoms with Crippen molar-refractivity contribution in [2.45, 2.75) is 78.6 Å². The van der Waals surface area contributed by atoms with Crippen LogP contribution < -0.4 is 0 Å². The lowest BCUT2D eigenvalue weighted by molar-refractivity contribution is -0.143. The normalized spacial score (nSPS) is 38.4. The predicted molar refractivity (Wildman–Crippen MR) is 71.5 cm³/mol. The van der Waals surface area contributed by atoms with Gasteiger partial charge in [0.2, 0.25) is 0 Å². The van der Waals surface area contributed by atoms with E-state index in [1.54, 1.807) is 25.7 Å². The third-order valence-corrected chi connectivity index (χ3v) is 5.69. The van der Waals surface area contributed by atoms with Crippen molar-refractivity contribution in [3.63, 3.8) is 0 Å². The summed E-state index contributed by atoms with van der Waals surface area (Å²) in [6, 6.07) is 0. The van der Waals surface area contributed by atoms with Crippen LogP contribution in [0.25, 0.3) is 0 Å². The fraction of sp³-hybridized carbons (Fsp3) is 1.00. The Bertz CT molecular complexity index is 220. The van der Waals surface area contributed by atoms with E-state index in [0.717, 1.165) is 23.2 Å². The highest BCUT2D eigenvalue weighted by Gasteiger charge is 2.57. The summed E-state index contributed by atoms with van der Waals surface area (Å²) < 4.78 is 0. The molecule has 0 heterocycles. The zero-order chi connectivity index (χ0) is 11.6. The van der Waals surface area contributed by atoms with Gasteiger partial charge in [-0.2, -0.15) is 0 Å². The van der Waals surface area contributed by atoms with Crippen LogP contribution in [0, 0.1) is 23.2 Å². The maximum absolute atomic E-state index is 2.47. The summed E-state index contributed by atoms with van der Waals surface area (Å²) in [5.74, 6) is 3.24. The van der Waals surface area contributed by atoms with E-state index >= 15 is 0 Å². The number of hydrogen-bond acceptors (Lipinski definition) is 0. The van der Waals surface area contributed by atoms with Crippen LogP contribution in [0.5, 0.6) is 0 Å². The minimum atomic E-state index is 0.862. The quantitative estimate of drug-likeness (QED) is 0.539. The van der Waals surface area contributed by atoms with E-state index in [4.69, 9.17) is 0 Å². The summed E-state index contributed by atoms with van der Waals surface area (Å²) in [6.45, 7) is 7.16. The second-order valence-electron chi connectivity index (χ2n) is 6.67. The average molecular weight is 222 g/mol. The average Bonchev–Trinajstić information content (AvgIpc) is 2.28. The first-order valence-electron chi connectivity index (χ1n) is 7.72. The van der Waals surface area contributed by atoms with Gasteiger partial charge in [0.25, 0.3) is 0 Å². The van der Waals surface area contributed by atoms with Crippen LogP contribution in [-0.2, 0) is 0 Å². The zero-order valence-corrected chi connectivity index (χ0v) is 11.6. The summed E-state index contributed by atoms with van der Waals surface area (Å²) in [5.41, 5.74) is 0.862. The largest absolute Gasteiger partial charge is 0.0654 e. The second-order valence-corrected chi connectivity index (χ2v) is 6.67. The summed E-state index contributed by atoms with van der Waals surface area (Å²) in [7, 11) is 0. The molecule has 0 spiro atoms. The third-order valence-electron chi connectivity index (χ3n) is 5.69. The fourth-order valence-corrected chi connectivity index (χ4v) is 4.28. The molecule has 0 amide bonds. The minimum absolute atomic E-state index is 0.862. The molecule has 0 aromatic heterocycles. The van der Waals surface area contributed by atoms with Crippen LogP contribution in [0.1, 0.15) is 78.6 Å². The van der Waals surface area contributed by atoms with Crippen molar-refractivity contribution in [1.82, 2.24) is 0 Å². The summed E-state index contributed by atoms with van der Waals surface area (Å²) in [4.78, 5) is 0. The van der Waals surface area contributed by atoms with Gasteiger partial charge in [0.05, 0.1) is 0 Å². The molecule has 0 heteroatoms. The molecule has 0 radical (unpaired) electrons. The molecule has 2 aliphatic rings. The molecule has 0 bridgehead atoms. The Morgan fingerprint density at radius 1 is 1.25 bits per heavy atom. The van der Waals surface area contributed by atoms with E-state index in [1.807, 2.05) is 0 Å². The second kappa shape index (κ2) is 5.10. The van der Waals surface area contributed by atoms with E-state index in [1.165, 1.54) is 32.1 Å². The molecule has 0 aromatic rings. The van der Waals surface area contributed by atoms with Gasteiger partial charge in [-0.25, -0.2) is 0 Å². The lowest BCUT2D eigenvalue weighted by Gasteiger charge is -2.64. The van der Waals surface area contributed by atoms with Gasteiger partial charge in [-0.05, 0) is 48.9 Å². The van der Waals surface area contributed by atoms with Crippen molar-refractivity contribution in [2.24, 2.45) is 23.2 Å². The molecule has 2 saturated carbocycles.